The summed E-state index contributed by atoms with van der Waals surface area (Å²) in [5.74, 6) is -51.1. The molecule has 0 spiro atoms. The number of benzene rings is 2. The van der Waals surface area contributed by atoms with Gasteiger partial charge in [0.1, 0.15) is 77.3 Å². The summed E-state index contributed by atoms with van der Waals surface area (Å²) in [5, 5.41) is 27.9. The van der Waals surface area contributed by atoms with Gasteiger partial charge in [0.2, 0.25) is 6.93 Å². The van der Waals surface area contributed by atoms with Crippen LogP contribution in [0.15, 0.2) is 97.1 Å². The molecular weight excluding hydrogens is 1500 g/mol. The molecule has 0 fully saturated rings. The van der Waals surface area contributed by atoms with Crippen LogP contribution in [0.25, 0.3) is 0 Å². The van der Waals surface area contributed by atoms with Gasteiger partial charge >= 0.3 is 90.0 Å². The van der Waals surface area contributed by atoms with Crippen LogP contribution in [0.2, 0.25) is 0 Å². The number of halogens is 28. The molecule has 0 amide bonds. The second kappa shape index (κ2) is 38.6. The molecule has 0 aromatic heterocycles. The van der Waals surface area contributed by atoms with Crippen molar-refractivity contribution in [2.45, 2.75) is 110 Å². The van der Waals surface area contributed by atoms with Crippen LogP contribution in [-0.4, -0.2) is 236 Å². The predicted octanol–water partition coefficient (Wildman–Crippen LogP) is 11.8. The monoisotopic (exact) mass is 1560 g/mol. The van der Waals surface area contributed by atoms with Crippen LogP contribution in [0, 0.1) is 0 Å². The topological polar surface area (TPSA) is 209 Å². The minimum Gasteiger partial charge on any atom is -0.460 e. The Morgan fingerprint density at radius 2 is 0.583 bits per heavy atom. The normalized spacial score (nSPS) is 14.3. The smallest absolute Gasteiger partial charge is 0.459 e. The molecule has 0 aliphatic heterocycles. The molecule has 2 aromatic rings. The number of carbonyl (C=O) groups is 4. The number of ether oxygens (including phenoxy) is 8. The Morgan fingerprint density at radius 3 is 0.777 bits per heavy atom. The van der Waals surface area contributed by atoms with E-state index in [-0.39, 0.29) is 23.1 Å². The van der Waals surface area contributed by atoms with Crippen molar-refractivity contribution in [1.82, 2.24) is 0 Å². The molecule has 0 saturated heterocycles. The first-order valence-electron chi connectivity index (χ1n) is 28.3. The fraction of sp³-hybridized carbons (Fsp3) is 0.586. The number of carbonyl (C=O) groups excluding carboxylic acids is 4. The van der Waals surface area contributed by atoms with Gasteiger partial charge in [0.15, 0.2) is 0 Å². The second-order valence-electron chi connectivity index (χ2n) is 21.3. The molecule has 4 unspecified atom stereocenters. The van der Waals surface area contributed by atoms with E-state index < -0.39 is 255 Å². The summed E-state index contributed by atoms with van der Waals surface area (Å²) in [6.45, 7) is -13.9. The van der Waals surface area contributed by atoms with E-state index in [9.17, 15) is 157 Å². The van der Waals surface area contributed by atoms with Crippen LogP contribution in [-0.2, 0) is 63.5 Å². The minimum atomic E-state index is -7.00. The maximum absolute atomic E-state index is 14.7. The van der Waals surface area contributed by atoms with Gasteiger partial charge in [-0.2, -0.15) is 114 Å². The summed E-state index contributed by atoms with van der Waals surface area (Å²) in [4.78, 5) is 51.2. The maximum Gasteiger partial charge on any atom is 0.459 e. The Balaban J connectivity index is 0.0000173. The van der Waals surface area contributed by atoms with Crippen molar-refractivity contribution in [3.05, 3.63) is 108 Å². The molecule has 103 heavy (non-hydrogen) atoms. The lowest BCUT2D eigenvalue weighted by Crippen LogP contribution is -2.55. The van der Waals surface area contributed by atoms with Gasteiger partial charge in [0, 0.05) is 43.1 Å². The number of hydrogen-bond donors (Lipinski definition) is 3. The first-order chi connectivity index (χ1) is 46.9. The molecule has 3 N–H and O–H groups in total. The molecule has 0 aliphatic rings. The number of aliphatic hydroxyl groups is 3. The number of nitrogens with zero attached hydrogens (tertiary/aromatic N) is 2. The van der Waals surface area contributed by atoms with Crippen LogP contribution >= 0.6 is 0 Å². The fourth-order valence-corrected chi connectivity index (χ4v) is 7.34. The zero-order valence-corrected chi connectivity index (χ0v) is 52.7. The Labute approximate surface area is 564 Å². The van der Waals surface area contributed by atoms with Crippen molar-refractivity contribution in [1.29, 1.82) is 0 Å². The van der Waals surface area contributed by atoms with Crippen LogP contribution < -0.4 is 9.80 Å². The largest absolute Gasteiger partial charge is 0.460 e. The molecule has 0 heterocycles. The summed E-state index contributed by atoms with van der Waals surface area (Å²) >= 11 is 0. The Bertz CT molecular complexity index is 2990. The quantitative estimate of drug-likeness (QED) is 0.0244. The van der Waals surface area contributed by atoms with E-state index in [4.69, 9.17) is 28.4 Å². The van der Waals surface area contributed by atoms with Gasteiger partial charge in [-0.05, 0) is 48.2 Å². The fourth-order valence-electron chi connectivity index (χ4n) is 7.34. The van der Waals surface area contributed by atoms with E-state index in [1.165, 1.54) is 6.92 Å². The van der Waals surface area contributed by atoms with Crippen molar-refractivity contribution in [2.75, 3.05) is 116 Å². The minimum absolute atomic E-state index is 0.0377. The average molecular weight is 1560 g/mol. The molecule has 45 heteroatoms. The Kier molecular flexibility index (Phi) is 35.1. The summed E-state index contributed by atoms with van der Waals surface area (Å²) in [7, 11) is 0. The van der Waals surface area contributed by atoms with Crippen molar-refractivity contribution in [3.8, 4) is 0 Å². The molecule has 2 aromatic carbocycles. The molecule has 0 aliphatic carbocycles. The van der Waals surface area contributed by atoms with Gasteiger partial charge in [-0.15, -0.1) is 0 Å². The van der Waals surface area contributed by atoms with Crippen molar-refractivity contribution in [3.63, 3.8) is 0 Å². The van der Waals surface area contributed by atoms with Gasteiger partial charge < -0.3 is 63.0 Å². The third kappa shape index (κ3) is 27.6. The lowest BCUT2D eigenvalue weighted by molar-refractivity contribution is -0.363. The third-order valence-electron chi connectivity index (χ3n) is 13.3. The van der Waals surface area contributed by atoms with E-state index in [1.54, 1.807) is 0 Å². The molecule has 0 bridgehead atoms. The number of rotatable bonds is 43. The van der Waals surface area contributed by atoms with Crippen molar-refractivity contribution in [2.24, 2.45) is 0 Å². The molecule has 0 saturated carbocycles. The van der Waals surface area contributed by atoms with Crippen LogP contribution in [0.3, 0.4) is 0 Å². The van der Waals surface area contributed by atoms with Gasteiger partial charge in [-0.1, -0.05) is 57.5 Å². The molecular formula is C58H62F28N2O15. The van der Waals surface area contributed by atoms with E-state index in [0.29, 0.717) is 9.80 Å². The zero-order valence-electron chi connectivity index (χ0n) is 52.7. The highest BCUT2D eigenvalue weighted by molar-refractivity contribution is 5.89. The summed E-state index contributed by atoms with van der Waals surface area (Å²) < 4.78 is 417. The summed E-state index contributed by atoms with van der Waals surface area (Å²) in [6, 6.07) is 7.99. The zero-order chi connectivity index (χ0) is 79.9. The number of alkyl halides is 28. The molecule has 17 nitrogen and oxygen atoms in total. The number of esters is 4. The van der Waals surface area contributed by atoms with Crippen molar-refractivity contribution >= 4 is 35.3 Å². The van der Waals surface area contributed by atoms with Crippen LogP contribution in [0.5, 0.6) is 0 Å². The van der Waals surface area contributed by atoms with E-state index in [2.05, 4.69) is 35.8 Å². The third-order valence-corrected chi connectivity index (χ3v) is 13.3. The summed E-state index contributed by atoms with van der Waals surface area (Å²) in [6.07, 6.45) is -37.5. The average Bonchev–Trinajstić information content (AvgIpc) is 0.800. The highest BCUT2D eigenvalue weighted by atomic mass is 19.5. The predicted molar refractivity (Wildman–Crippen MR) is 297 cm³/mol. The van der Waals surface area contributed by atoms with Gasteiger partial charge in [-0.25, -0.2) is 28.0 Å². The van der Waals surface area contributed by atoms with E-state index in [1.807, 2.05) is 0 Å². The van der Waals surface area contributed by atoms with Gasteiger partial charge in [0.05, 0.1) is 36.5 Å². The van der Waals surface area contributed by atoms with Crippen LogP contribution in [0.1, 0.15) is 24.5 Å². The van der Waals surface area contributed by atoms with E-state index >= 15 is 0 Å². The number of hydrogen-bond acceptors (Lipinski definition) is 17. The Morgan fingerprint density at radius 1 is 0.369 bits per heavy atom. The SMILES string of the molecule is C=C(CC)C(=O)OCC(CN(CC(COC(=O)C(=C)CO)OCC(F)(F)C(F)(F)C(F)(F)F)c1ccc(Cc2ccc(N(CC(COC(=O)C(=C)CO)OCC(F)(F)C(F)(F)C(F)(F)F)CC(COC(=O)C(=C)CO)OCC(F)(F)C(F)(F)C(F)(F)F)cc2)cc1)OCC(F)(F)C(F)(F)F.FCF. The molecule has 590 valence electrons. The Hall–Kier alpha value is -7.36. The highest BCUT2D eigenvalue weighted by Gasteiger charge is 2.75. The molecule has 0 radical (unpaired) electrons. The molecule has 2 rings (SSSR count). The summed E-state index contributed by atoms with van der Waals surface area (Å²) in [5.41, 5.74) is -3.65. The number of anilines is 2. The van der Waals surface area contributed by atoms with Crippen LogP contribution in [0.4, 0.5) is 134 Å². The first kappa shape index (κ1) is 93.7. The lowest BCUT2D eigenvalue weighted by atomic mass is 10.0. The number of aliphatic hydroxyl groups excluding tert-OH is 3. The first-order valence-corrected chi connectivity index (χ1v) is 28.3. The lowest BCUT2D eigenvalue weighted by Gasteiger charge is -2.35. The maximum atomic E-state index is 14.7. The second-order valence-corrected chi connectivity index (χ2v) is 21.3. The van der Waals surface area contributed by atoms with Gasteiger partial charge in [-0.3, -0.25) is 0 Å². The van der Waals surface area contributed by atoms with Gasteiger partial charge in [0.25, 0.3) is 0 Å². The standard InChI is InChI=1S/C57H60F26N2O15.CH2F2/c1-6-31(2)43(89)93-23-42(100-30-50(64,65)54(72,73)74)19-85(18-41(26-96-46(92)34(5)22-88)99-29-49(62,63)53(70,71)57(81,82)83)38-13-9-36(10-14-38)15-35-7-11-37(12-8-35)84(16-39(24-94-44(90)32(3)20-86)97-27-47(58,59)51(66,67)55(75,76)77)17-40(25-95-45(91)33(4)21-87)98-28-48(60,61)52(68,69)56(78,79)80;2-1-3/h7-14,39-42,86-88H,2-6,15-30H2,1H3;1H2. The van der Waals surface area contributed by atoms with Crippen molar-refractivity contribution < 1.29 is 195 Å². The molecule has 4 atom stereocenters. The highest BCUT2D eigenvalue weighted by Crippen LogP contribution is 2.49. The van der Waals surface area contributed by atoms with E-state index in [0.717, 1.165) is 48.5 Å².